The fraction of sp³-hybridized carbons (Fsp3) is 0.391. The lowest BCUT2D eigenvalue weighted by molar-refractivity contribution is -0.139. The minimum absolute atomic E-state index is 0.0955. The summed E-state index contributed by atoms with van der Waals surface area (Å²) in [6, 6.07) is 11.3. The van der Waals surface area contributed by atoms with Gasteiger partial charge in [-0.2, -0.15) is 12.7 Å². The van der Waals surface area contributed by atoms with Gasteiger partial charge >= 0.3 is 10.2 Å². The molecule has 0 aliphatic rings. The summed E-state index contributed by atoms with van der Waals surface area (Å²) in [5.41, 5.74) is 0.899. The lowest BCUT2D eigenvalue weighted by Gasteiger charge is -2.32. The molecule has 0 aliphatic heterocycles. The highest BCUT2D eigenvalue weighted by molar-refractivity contribution is 9.10. The van der Waals surface area contributed by atoms with Crippen LogP contribution in [0.3, 0.4) is 0 Å². The molecular formula is C23H30BrFN4O4S. The molecule has 0 aliphatic carbocycles. The fourth-order valence-corrected chi connectivity index (χ4v) is 4.64. The first-order valence-electron chi connectivity index (χ1n) is 10.7. The molecular weight excluding hydrogens is 527 g/mol. The Bertz CT molecular complexity index is 1100. The summed E-state index contributed by atoms with van der Waals surface area (Å²) in [7, 11) is -1.40. The number of amides is 2. The van der Waals surface area contributed by atoms with E-state index in [-0.39, 0.29) is 18.1 Å². The van der Waals surface area contributed by atoms with E-state index in [0.717, 1.165) is 37.2 Å². The van der Waals surface area contributed by atoms with E-state index < -0.39 is 34.5 Å². The summed E-state index contributed by atoms with van der Waals surface area (Å²) in [5, 5.41) is 2.78. The maximum atomic E-state index is 13.5. The van der Waals surface area contributed by atoms with E-state index in [1.165, 1.54) is 31.1 Å². The van der Waals surface area contributed by atoms with Crippen LogP contribution in [0, 0.1) is 5.82 Å². The van der Waals surface area contributed by atoms with Crippen molar-refractivity contribution in [2.45, 2.75) is 32.9 Å². The topological polar surface area (TPSA) is 90.0 Å². The van der Waals surface area contributed by atoms with Crippen LogP contribution in [0.15, 0.2) is 53.0 Å². The van der Waals surface area contributed by atoms with Crippen LogP contribution in [0.5, 0.6) is 0 Å². The Morgan fingerprint density at radius 1 is 1.12 bits per heavy atom. The molecule has 8 nitrogen and oxygen atoms in total. The Labute approximate surface area is 209 Å². The number of nitrogens with zero attached hydrogens (tertiary/aromatic N) is 3. The average Bonchev–Trinajstić information content (AvgIpc) is 2.79. The van der Waals surface area contributed by atoms with Crippen molar-refractivity contribution in [3.8, 4) is 0 Å². The lowest BCUT2D eigenvalue weighted by atomic mass is 10.1. The summed E-state index contributed by atoms with van der Waals surface area (Å²) in [6.45, 7) is 3.51. The quantitative estimate of drug-likeness (QED) is 0.460. The van der Waals surface area contributed by atoms with E-state index in [4.69, 9.17) is 0 Å². The molecule has 1 N–H and O–H groups in total. The molecule has 0 unspecified atom stereocenters. The Hall–Kier alpha value is -2.50. The van der Waals surface area contributed by atoms with Gasteiger partial charge in [-0.05, 0) is 55.3 Å². The van der Waals surface area contributed by atoms with Gasteiger partial charge in [0, 0.05) is 31.7 Å². The van der Waals surface area contributed by atoms with E-state index in [1.807, 2.05) is 31.2 Å². The molecule has 0 radical (unpaired) electrons. The zero-order valence-corrected chi connectivity index (χ0v) is 22.1. The number of rotatable bonds is 11. The summed E-state index contributed by atoms with van der Waals surface area (Å²) >= 11 is 3.40. The Morgan fingerprint density at radius 2 is 1.76 bits per heavy atom. The first-order valence-corrected chi connectivity index (χ1v) is 12.9. The highest BCUT2D eigenvalue weighted by atomic mass is 79.9. The number of benzene rings is 2. The lowest BCUT2D eigenvalue weighted by Crippen LogP contribution is -2.52. The van der Waals surface area contributed by atoms with Crippen LogP contribution in [0.25, 0.3) is 0 Å². The van der Waals surface area contributed by atoms with E-state index in [2.05, 4.69) is 21.2 Å². The molecule has 34 heavy (non-hydrogen) atoms. The second-order valence-corrected chi connectivity index (χ2v) is 10.9. The zero-order valence-electron chi connectivity index (χ0n) is 19.7. The van der Waals surface area contributed by atoms with Crippen LogP contribution in [-0.4, -0.2) is 62.7 Å². The van der Waals surface area contributed by atoms with E-state index in [0.29, 0.717) is 6.54 Å². The molecule has 11 heteroatoms. The van der Waals surface area contributed by atoms with Crippen LogP contribution in [0.4, 0.5) is 10.1 Å². The van der Waals surface area contributed by atoms with Crippen LogP contribution in [0.1, 0.15) is 25.8 Å². The van der Waals surface area contributed by atoms with E-state index in [9.17, 15) is 22.4 Å². The predicted molar refractivity (Wildman–Crippen MR) is 134 cm³/mol. The minimum atomic E-state index is -4.08. The molecule has 0 saturated heterocycles. The summed E-state index contributed by atoms with van der Waals surface area (Å²) in [5.74, 6) is -1.45. The molecule has 2 aromatic rings. The molecule has 2 amide bonds. The maximum absolute atomic E-state index is 13.5. The van der Waals surface area contributed by atoms with Crippen molar-refractivity contribution in [3.63, 3.8) is 0 Å². The summed E-state index contributed by atoms with van der Waals surface area (Å²) in [6.07, 6.45) is 0.734. The predicted octanol–water partition coefficient (Wildman–Crippen LogP) is 3.14. The first kappa shape index (κ1) is 27.7. The molecule has 0 spiro atoms. The molecule has 0 heterocycles. The Balaban J connectivity index is 2.43. The molecule has 2 rings (SSSR count). The largest absolute Gasteiger partial charge is 0.354 e. The van der Waals surface area contributed by atoms with Gasteiger partial charge in [-0.1, -0.05) is 35.0 Å². The highest BCUT2D eigenvalue weighted by Gasteiger charge is 2.32. The van der Waals surface area contributed by atoms with Crippen molar-refractivity contribution in [2.75, 3.05) is 31.5 Å². The summed E-state index contributed by atoms with van der Waals surface area (Å²) in [4.78, 5) is 27.6. The number of carbonyl (C=O) groups excluding carboxylic acids is 2. The van der Waals surface area contributed by atoms with Crippen LogP contribution < -0.4 is 9.62 Å². The second kappa shape index (κ2) is 12.3. The third-order valence-corrected chi connectivity index (χ3v) is 7.40. The highest BCUT2D eigenvalue weighted by Crippen LogP contribution is 2.22. The van der Waals surface area contributed by atoms with Crippen molar-refractivity contribution < 1.29 is 22.4 Å². The molecule has 2 aromatic carbocycles. The second-order valence-electron chi connectivity index (χ2n) is 7.89. The summed E-state index contributed by atoms with van der Waals surface area (Å²) < 4.78 is 42.2. The van der Waals surface area contributed by atoms with Gasteiger partial charge in [0.1, 0.15) is 18.4 Å². The van der Waals surface area contributed by atoms with Crippen molar-refractivity contribution in [1.82, 2.24) is 14.5 Å². The molecule has 0 aromatic heterocycles. The van der Waals surface area contributed by atoms with Gasteiger partial charge < -0.3 is 10.2 Å². The minimum Gasteiger partial charge on any atom is -0.354 e. The van der Waals surface area contributed by atoms with Gasteiger partial charge in [0.05, 0.1) is 5.69 Å². The number of hydrogen-bond donors (Lipinski definition) is 1. The van der Waals surface area contributed by atoms with Crippen molar-refractivity contribution >= 4 is 43.6 Å². The average molecular weight is 557 g/mol. The smallest absolute Gasteiger partial charge is 0.304 e. The fourth-order valence-electron chi connectivity index (χ4n) is 3.13. The van der Waals surface area contributed by atoms with Crippen LogP contribution in [-0.2, 0) is 26.3 Å². The van der Waals surface area contributed by atoms with E-state index >= 15 is 0 Å². The number of halogens is 2. The van der Waals surface area contributed by atoms with Gasteiger partial charge in [0.2, 0.25) is 11.8 Å². The third kappa shape index (κ3) is 7.25. The van der Waals surface area contributed by atoms with Gasteiger partial charge in [-0.3, -0.25) is 9.59 Å². The van der Waals surface area contributed by atoms with Crippen molar-refractivity contribution in [3.05, 3.63) is 64.4 Å². The van der Waals surface area contributed by atoms with E-state index in [1.54, 1.807) is 6.92 Å². The normalized spacial score (nSPS) is 12.3. The standard InChI is InChI=1S/C23H30BrFN4O4S/c1-5-13-26-23(31)17(2)28(15-18-7-6-8-19(24)14-18)22(30)16-29(34(32,33)27(3)4)21-11-9-20(25)10-12-21/h6-12,14,17H,5,13,15-16H2,1-4H3,(H,26,31)/t17-/m0/s1. The van der Waals surface area contributed by atoms with Crippen LogP contribution >= 0.6 is 15.9 Å². The van der Waals surface area contributed by atoms with Crippen LogP contribution in [0.2, 0.25) is 0 Å². The van der Waals surface area contributed by atoms with Gasteiger partial charge in [-0.15, -0.1) is 0 Å². The number of anilines is 1. The van der Waals surface area contributed by atoms with Gasteiger partial charge in [0.25, 0.3) is 0 Å². The molecule has 0 bridgehead atoms. The third-order valence-electron chi connectivity index (χ3n) is 5.09. The van der Waals surface area contributed by atoms with Gasteiger partial charge in [-0.25, -0.2) is 8.70 Å². The molecule has 0 fully saturated rings. The first-order chi connectivity index (χ1) is 16.0. The number of nitrogens with one attached hydrogen (secondary N) is 1. The SMILES string of the molecule is CCCNC(=O)[C@H](C)N(Cc1cccc(Br)c1)C(=O)CN(c1ccc(F)cc1)S(=O)(=O)N(C)C. The van der Waals surface area contributed by atoms with Gasteiger partial charge in [0.15, 0.2) is 0 Å². The van der Waals surface area contributed by atoms with Crippen molar-refractivity contribution in [1.29, 1.82) is 0 Å². The molecule has 186 valence electrons. The monoisotopic (exact) mass is 556 g/mol. The zero-order chi connectivity index (χ0) is 25.5. The Kier molecular flexibility index (Phi) is 10.0. The molecule has 0 saturated carbocycles. The number of carbonyl (C=O) groups is 2. The maximum Gasteiger partial charge on any atom is 0.304 e. The van der Waals surface area contributed by atoms with Crippen molar-refractivity contribution in [2.24, 2.45) is 0 Å². The molecule has 1 atom stereocenters. The Morgan fingerprint density at radius 3 is 2.32 bits per heavy atom. The number of hydrogen-bond acceptors (Lipinski definition) is 4.